The molecule has 0 spiro atoms. The Hall–Kier alpha value is -3.35. The third-order valence-corrected chi connectivity index (χ3v) is 3.64. The molecule has 3 aromatic rings. The number of aryl methyl sites for hydroxylation is 1. The molecular formula is C17H16N4O3. The standard InChI is InChI=1S/C17H16N4O3/c1-9-6-14-15(21-17(24)20-14)8-13(9)19-16(23)18-12-5-3-4-11(7-12)10(2)22/h3-8H,1-2H3,(H2,18,19,23)(H2,20,21,24). The summed E-state index contributed by atoms with van der Waals surface area (Å²) in [5.74, 6) is -0.0724. The van der Waals surface area contributed by atoms with Crippen molar-refractivity contribution in [3.63, 3.8) is 0 Å². The normalized spacial score (nSPS) is 10.6. The number of fused-ring (bicyclic) bond motifs is 1. The number of Topliss-reactive ketones (excluding diaryl/α,β-unsaturated/α-hetero) is 1. The zero-order chi connectivity index (χ0) is 17.3. The van der Waals surface area contributed by atoms with Crippen LogP contribution in [0.1, 0.15) is 22.8 Å². The number of H-pyrrole nitrogens is 2. The van der Waals surface area contributed by atoms with E-state index in [-0.39, 0.29) is 11.5 Å². The van der Waals surface area contributed by atoms with Crippen molar-refractivity contribution < 1.29 is 9.59 Å². The van der Waals surface area contributed by atoms with Crippen LogP contribution in [0.4, 0.5) is 16.2 Å². The Balaban J connectivity index is 1.79. The summed E-state index contributed by atoms with van der Waals surface area (Å²) in [7, 11) is 0. The van der Waals surface area contributed by atoms with E-state index in [4.69, 9.17) is 0 Å². The Morgan fingerprint density at radius 3 is 2.42 bits per heavy atom. The first-order chi connectivity index (χ1) is 11.4. The first-order valence-corrected chi connectivity index (χ1v) is 7.34. The lowest BCUT2D eigenvalue weighted by Gasteiger charge is -2.10. The lowest BCUT2D eigenvalue weighted by molar-refractivity contribution is 0.101. The van der Waals surface area contributed by atoms with Crippen molar-refractivity contribution in [2.24, 2.45) is 0 Å². The molecule has 0 fully saturated rings. The molecule has 0 aliphatic rings. The van der Waals surface area contributed by atoms with E-state index in [1.807, 2.05) is 6.92 Å². The SMILES string of the molecule is CC(=O)c1cccc(NC(=O)Nc2cc3[nH]c(=O)[nH]c3cc2C)c1. The van der Waals surface area contributed by atoms with E-state index in [1.165, 1.54) is 6.92 Å². The summed E-state index contributed by atoms with van der Waals surface area (Å²) in [6.45, 7) is 3.30. The summed E-state index contributed by atoms with van der Waals surface area (Å²) >= 11 is 0. The number of benzene rings is 2. The van der Waals surface area contributed by atoms with Crippen LogP contribution in [0.3, 0.4) is 0 Å². The van der Waals surface area contributed by atoms with Gasteiger partial charge in [0.15, 0.2) is 5.78 Å². The van der Waals surface area contributed by atoms with Crippen molar-refractivity contribution in [2.75, 3.05) is 10.6 Å². The van der Waals surface area contributed by atoms with Gasteiger partial charge in [0.1, 0.15) is 0 Å². The first kappa shape index (κ1) is 15.5. The zero-order valence-corrected chi connectivity index (χ0v) is 13.2. The van der Waals surface area contributed by atoms with Gasteiger partial charge in [-0.3, -0.25) is 4.79 Å². The molecule has 0 saturated carbocycles. The third kappa shape index (κ3) is 3.19. The smallest absolute Gasteiger partial charge is 0.308 e. The Kier molecular flexibility index (Phi) is 3.91. The minimum Gasteiger partial charge on any atom is -0.308 e. The number of carbonyl (C=O) groups excluding carboxylic acids is 2. The van der Waals surface area contributed by atoms with Crippen molar-refractivity contribution in [2.45, 2.75) is 13.8 Å². The fraction of sp³-hybridized carbons (Fsp3) is 0.118. The van der Waals surface area contributed by atoms with Crippen molar-refractivity contribution >= 4 is 34.2 Å². The average Bonchev–Trinajstić information content (AvgIpc) is 2.86. The molecule has 7 nitrogen and oxygen atoms in total. The zero-order valence-electron chi connectivity index (χ0n) is 13.2. The average molecular weight is 324 g/mol. The van der Waals surface area contributed by atoms with Gasteiger partial charge in [0.05, 0.1) is 11.0 Å². The van der Waals surface area contributed by atoms with Crippen LogP contribution < -0.4 is 16.3 Å². The van der Waals surface area contributed by atoms with Gasteiger partial charge in [0.25, 0.3) is 0 Å². The molecule has 0 bridgehead atoms. The molecule has 7 heteroatoms. The number of carbonyl (C=O) groups is 2. The fourth-order valence-corrected chi connectivity index (χ4v) is 2.43. The number of aromatic amines is 2. The molecule has 4 N–H and O–H groups in total. The van der Waals surface area contributed by atoms with Gasteiger partial charge in [-0.05, 0) is 43.7 Å². The number of rotatable bonds is 3. The predicted molar refractivity (Wildman–Crippen MR) is 92.7 cm³/mol. The lowest BCUT2D eigenvalue weighted by atomic mass is 10.1. The maximum Gasteiger partial charge on any atom is 0.323 e. The fourth-order valence-electron chi connectivity index (χ4n) is 2.43. The second-order valence-corrected chi connectivity index (χ2v) is 5.51. The van der Waals surface area contributed by atoms with Gasteiger partial charge in [-0.15, -0.1) is 0 Å². The number of urea groups is 1. The molecule has 2 aromatic carbocycles. The summed E-state index contributed by atoms with van der Waals surface area (Å²) in [4.78, 5) is 40.2. The van der Waals surface area contributed by atoms with Gasteiger partial charge in [-0.2, -0.15) is 0 Å². The topological polar surface area (TPSA) is 107 Å². The number of nitrogens with one attached hydrogen (secondary N) is 4. The molecule has 0 saturated heterocycles. The Morgan fingerprint density at radius 1 is 1.00 bits per heavy atom. The van der Waals surface area contributed by atoms with Crippen molar-refractivity contribution in [3.05, 3.63) is 58.0 Å². The summed E-state index contributed by atoms with van der Waals surface area (Å²) in [5, 5.41) is 5.42. The van der Waals surface area contributed by atoms with Gasteiger partial charge >= 0.3 is 11.7 Å². The van der Waals surface area contributed by atoms with E-state index in [0.717, 1.165) is 5.56 Å². The van der Waals surface area contributed by atoms with Crippen LogP contribution in [0.15, 0.2) is 41.2 Å². The molecule has 2 amide bonds. The van der Waals surface area contributed by atoms with Crippen LogP contribution in [0.2, 0.25) is 0 Å². The van der Waals surface area contributed by atoms with E-state index >= 15 is 0 Å². The lowest BCUT2D eigenvalue weighted by Crippen LogP contribution is -2.20. The van der Waals surface area contributed by atoms with Crippen LogP contribution >= 0.6 is 0 Å². The maximum atomic E-state index is 12.2. The molecule has 0 radical (unpaired) electrons. The molecule has 3 rings (SSSR count). The highest BCUT2D eigenvalue weighted by Gasteiger charge is 2.09. The highest BCUT2D eigenvalue weighted by atomic mass is 16.2. The summed E-state index contributed by atoms with van der Waals surface area (Å²) in [6, 6.07) is 9.73. The van der Waals surface area contributed by atoms with Gasteiger partial charge in [0, 0.05) is 16.9 Å². The second-order valence-electron chi connectivity index (χ2n) is 5.51. The first-order valence-electron chi connectivity index (χ1n) is 7.34. The number of hydrogen-bond acceptors (Lipinski definition) is 3. The molecule has 0 atom stereocenters. The molecule has 24 heavy (non-hydrogen) atoms. The molecule has 0 aliphatic heterocycles. The van der Waals surface area contributed by atoms with E-state index in [2.05, 4.69) is 20.6 Å². The van der Waals surface area contributed by atoms with Crippen LogP contribution in [0.25, 0.3) is 11.0 Å². The summed E-state index contributed by atoms with van der Waals surface area (Å²) in [6.07, 6.45) is 0. The van der Waals surface area contributed by atoms with E-state index < -0.39 is 6.03 Å². The van der Waals surface area contributed by atoms with Gasteiger partial charge in [0.2, 0.25) is 0 Å². The molecule has 1 heterocycles. The summed E-state index contributed by atoms with van der Waals surface area (Å²) < 4.78 is 0. The third-order valence-electron chi connectivity index (χ3n) is 3.64. The van der Waals surface area contributed by atoms with Gasteiger partial charge < -0.3 is 20.6 Å². The Bertz CT molecular complexity index is 1000. The maximum absolute atomic E-state index is 12.2. The van der Waals surface area contributed by atoms with Crippen molar-refractivity contribution in [1.82, 2.24) is 9.97 Å². The largest absolute Gasteiger partial charge is 0.323 e. The molecule has 0 aliphatic carbocycles. The van der Waals surface area contributed by atoms with E-state index in [1.54, 1.807) is 36.4 Å². The Labute approximate surface area is 137 Å². The van der Waals surface area contributed by atoms with E-state index in [0.29, 0.717) is 28.0 Å². The monoisotopic (exact) mass is 324 g/mol. The quantitative estimate of drug-likeness (QED) is 0.556. The van der Waals surface area contributed by atoms with Crippen molar-refractivity contribution in [1.29, 1.82) is 0 Å². The van der Waals surface area contributed by atoms with Crippen LogP contribution in [-0.2, 0) is 0 Å². The molecule has 0 unspecified atom stereocenters. The highest BCUT2D eigenvalue weighted by molar-refractivity contribution is 6.02. The second kappa shape index (κ2) is 6.04. The molecular weight excluding hydrogens is 308 g/mol. The number of amides is 2. The van der Waals surface area contributed by atoms with E-state index in [9.17, 15) is 14.4 Å². The van der Waals surface area contributed by atoms with Crippen LogP contribution in [0, 0.1) is 6.92 Å². The number of hydrogen-bond donors (Lipinski definition) is 4. The number of imidazole rings is 1. The molecule has 1 aromatic heterocycles. The Morgan fingerprint density at radius 2 is 1.71 bits per heavy atom. The predicted octanol–water partition coefficient (Wildman–Crippen LogP) is 3.01. The highest BCUT2D eigenvalue weighted by Crippen LogP contribution is 2.21. The summed E-state index contributed by atoms with van der Waals surface area (Å²) in [5.41, 5.74) is 3.43. The minimum absolute atomic E-state index is 0.0724. The number of anilines is 2. The van der Waals surface area contributed by atoms with Gasteiger partial charge in [-0.25, -0.2) is 9.59 Å². The van der Waals surface area contributed by atoms with Crippen LogP contribution in [-0.4, -0.2) is 21.8 Å². The number of ketones is 1. The molecule has 122 valence electrons. The van der Waals surface area contributed by atoms with Crippen LogP contribution in [0.5, 0.6) is 0 Å². The minimum atomic E-state index is -0.434. The van der Waals surface area contributed by atoms with Gasteiger partial charge in [-0.1, -0.05) is 12.1 Å². The number of aromatic nitrogens is 2. The van der Waals surface area contributed by atoms with Crippen molar-refractivity contribution in [3.8, 4) is 0 Å².